The van der Waals surface area contributed by atoms with Gasteiger partial charge in [-0.25, -0.2) is 8.42 Å². The molecule has 5 heteroatoms. The van der Waals surface area contributed by atoms with Crippen LogP contribution in [0.3, 0.4) is 0 Å². The Morgan fingerprint density at radius 2 is 1.62 bits per heavy atom. The Kier molecular flexibility index (Phi) is 4.55. The summed E-state index contributed by atoms with van der Waals surface area (Å²) in [5, 5.41) is 0.925. The first-order chi connectivity index (χ1) is 10.0. The van der Waals surface area contributed by atoms with E-state index in [1.54, 1.807) is 42.5 Å². The molecule has 0 bridgehead atoms. The highest BCUT2D eigenvalue weighted by molar-refractivity contribution is 7.94. The molecule has 0 saturated heterocycles. The van der Waals surface area contributed by atoms with Crippen LogP contribution in [0.2, 0.25) is 0 Å². The van der Waals surface area contributed by atoms with Crippen LogP contribution >= 0.6 is 0 Å². The van der Waals surface area contributed by atoms with Crippen molar-refractivity contribution in [3.05, 3.63) is 71.6 Å². The van der Waals surface area contributed by atoms with Crippen molar-refractivity contribution in [1.29, 1.82) is 0 Å². The number of hydrogen-bond donors (Lipinski definition) is 0. The molecule has 0 unspecified atom stereocenters. The molecule has 0 aromatic heterocycles. The Bertz CT molecular complexity index is 745. The van der Waals surface area contributed by atoms with E-state index < -0.39 is 9.84 Å². The van der Waals surface area contributed by atoms with Crippen molar-refractivity contribution in [3.63, 3.8) is 0 Å². The minimum atomic E-state index is -3.60. The van der Waals surface area contributed by atoms with Crippen LogP contribution in [0.5, 0.6) is 5.75 Å². The highest BCUT2D eigenvalue weighted by atomic mass is 32.2. The molecule has 21 heavy (non-hydrogen) atoms. The number of sulfone groups is 1. The van der Waals surface area contributed by atoms with E-state index in [0.29, 0.717) is 11.3 Å². The zero-order chi connectivity index (χ0) is 15.3. The predicted octanol–water partition coefficient (Wildman–Crippen LogP) is 2.87. The second kappa shape index (κ2) is 6.37. The van der Waals surface area contributed by atoms with Crippen molar-refractivity contribution in [3.8, 4) is 5.75 Å². The summed E-state index contributed by atoms with van der Waals surface area (Å²) < 4.78 is 29.0. The quantitative estimate of drug-likeness (QED) is 0.629. The molecule has 0 amide bonds. The third-order valence-electron chi connectivity index (χ3n) is 2.84. The fourth-order valence-electron chi connectivity index (χ4n) is 1.69. The maximum absolute atomic E-state index is 12.0. The summed E-state index contributed by atoms with van der Waals surface area (Å²) in [5.74, 6) is 0.254. The normalized spacial score (nSPS) is 11.5. The predicted molar refractivity (Wildman–Crippen MR) is 80.1 cm³/mol. The van der Waals surface area contributed by atoms with Crippen molar-refractivity contribution < 1.29 is 17.9 Å². The third-order valence-corrected chi connectivity index (χ3v) is 4.27. The van der Waals surface area contributed by atoms with Crippen LogP contribution in [0, 0.1) is 0 Å². The standard InChI is InChI=1S/C16H14O4S/c1-20-14-9-7-13(8-10-14)16(17)11-12-21(18,19)15-5-3-2-4-6-15/h2-12H,1H3/b12-11+. The summed E-state index contributed by atoms with van der Waals surface area (Å²) in [6.07, 6.45) is 1.06. The van der Waals surface area contributed by atoms with Crippen molar-refractivity contribution in [2.75, 3.05) is 7.11 Å². The van der Waals surface area contributed by atoms with Gasteiger partial charge < -0.3 is 4.74 Å². The van der Waals surface area contributed by atoms with Gasteiger partial charge in [0.2, 0.25) is 0 Å². The number of carbonyl (C=O) groups excluding carboxylic acids is 1. The largest absolute Gasteiger partial charge is 0.497 e. The molecule has 0 heterocycles. The molecule has 0 N–H and O–H groups in total. The molecule has 0 aliphatic rings. The Balaban J connectivity index is 2.18. The van der Waals surface area contributed by atoms with Gasteiger partial charge in [0.25, 0.3) is 0 Å². The summed E-state index contributed by atoms with van der Waals surface area (Å²) in [4.78, 5) is 12.1. The molecule has 0 spiro atoms. The lowest BCUT2D eigenvalue weighted by atomic mass is 10.1. The molecular formula is C16H14O4S. The maximum Gasteiger partial charge on any atom is 0.199 e. The second-order valence-electron chi connectivity index (χ2n) is 4.25. The van der Waals surface area contributed by atoms with E-state index in [9.17, 15) is 13.2 Å². The average molecular weight is 302 g/mol. The van der Waals surface area contributed by atoms with Crippen LogP contribution in [0.15, 0.2) is 71.0 Å². The van der Waals surface area contributed by atoms with Crippen molar-refractivity contribution in [2.24, 2.45) is 0 Å². The number of allylic oxidation sites excluding steroid dienone is 1. The fraction of sp³-hybridized carbons (Fsp3) is 0.0625. The zero-order valence-electron chi connectivity index (χ0n) is 11.4. The highest BCUT2D eigenvalue weighted by Crippen LogP contribution is 2.14. The van der Waals surface area contributed by atoms with Gasteiger partial charge in [-0.3, -0.25) is 4.79 Å². The number of benzene rings is 2. The summed E-state index contributed by atoms with van der Waals surface area (Å²) >= 11 is 0. The van der Waals surface area contributed by atoms with Gasteiger partial charge in [0.05, 0.1) is 12.0 Å². The van der Waals surface area contributed by atoms with Crippen LogP contribution in [-0.2, 0) is 9.84 Å². The van der Waals surface area contributed by atoms with Gasteiger partial charge in [-0.05, 0) is 42.5 Å². The monoisotopic (exact) mass is 302 g/mol. The summed E-state index contributed by atoms with van der Waals surface area (Å²) in [6.45, 7) is 0. The molecule has 0 saturated carbocycles. The third kappa shape index (κ3) is 3.79. The highest BCUT2D eigenvalue weighted by Gasteiger charge is 2.10. The van der Waals surface area contributed by atoms with Crippen molar-refractivity contribution in [2.45, 2.75) is 4.90 Å². The lowest BCUT2D eigenvalue weighted by Gasteiger charge is -2.00. The maximum atomic E-state index is 12.0. The smallest absolute Gasteiger partial charge is 0.199 e. The number of ketones is 1. The van der Waals surface area contributed by atoms with E-state index in [4.69, 9.17) is 4.74 Å². The van der Waals surface area contributed by atoms with Gasteiger partial charge in [0.1, 0.15) is 5.75 Å². The van der Waals surface area contributed by atoms with E-state index >= 15 is 0 Å². The fourth-order valence-corrected chi connectivity index (χ4v) is 2.69. The summed E-state index contributed by atoms with van der Waals surface area (Å²) in [5.41, 5.74) is 0.398. The van der Waals surface area contributed by atoms with E-state index in [1.165, 1.54) is 19.2 Å². The number of rotatable bonds is 5. The SMILES string of the molecule is COc1ccc(C(=O)/C=C/S(=O)(=O)c2ccccc2)cc1. The molecule has 4 nitrogen and oxygen atoms in total. The Morgan fingerprint density at radius 3 is 2.19 bits per heavy atom. The average Bonchev–Trinajstić information content (AvgIpc) is 2.53. The molecular weight excluding hydrogens is 288 g/mol. The van der Waals surface area contributed by atoms with Crippen LogP contribution in [0.25, 0.3) is 0 Å². The van der Waals surface area contributed by atoms with Gasteiger partial charge >= 0.3 is 0 Å². The molecule has 0 fully saturated rings. The number of hydrogen-bond acceptors (Lipinski definition) is 4. The Labute approximate surface area is 123 Å². The van der Waals surface area contributed by atoms with Gasteiger partial charge in [0.15, 0.2) is 15.6 Å². The first kappa shape index (κ1) is 15.0. The van der Waals surface area contributed by atoms with Gasteiger partial charge in [-0.15, -0.1) is 0 Å². The lowest BCUT2D eigenvalue weighted by Crippen LogP contribution is -1.99. The van der Waals surface area contributed by atoms with Gasteiger partial charge in [-0.2, -0.15) is 0 Å². The van der Waals surface area contributed by atoms with Crippen LogP contribution < -0.4 is 4.74 Å². The molecule has 0 radical (unpaired) electrons. The van der Waals surface area contributed by atoms with E-state index in [2.05, 4.69) is 0 Å². The first-order valence-corrected chi connectivity index (χ1v) is 7.74. The minimum absolute atomic E-state index is 0.156. The first-order valence-electron chi connectivity index (χ1n) is 6.19. The summed E-state index contributed by atoms with van der Waals surface area (Å²) in [6, 6.07) is 14.4. The number of ether oxygens (including phenoxy) is 1. The lowest BCUT2D eigenvalue weighted by molar-refractivity contribution is 0.104. The van der Waals surface area contributed by atoms with Crippen LogP contribution in [-0.4, -0.2) is 21.3 Å². The molecule has 0 aliphatic carbocycles. The Morgan fingerprint density at radius 1 is 1.00 bits per heavy atom. The Hall–Kier alpha value is -2.40. The minimum Gasteiger partial charge on any atom is -0.497 e. The van der Waals surface area contributed by atoms with Gasteiger partial charge in [-0.1, -0.05) is 18.2 Å². The molecule has 0 atom stereocenters. The van der Waals surface area contributed by atoms with E-state index in [1.807, 2.05) is 0 Å². The molecule has 108 valence electrons. The van der Waals surface area contributed by atoms with E-state index in [0.717, 1.165) is 11.5 Å². The molecule has 2 rings (SSSR count). The molecule has 0 aliphatic heterocycles. The van der Waals surface area contributed by atoms with Crippen LogP contribution in [0.1, 0.15) is 10.4 Å². The van der Waals surface area contributed by atoms with Crippen LogP contribution in [0.4, 0.5) is 0 Å². The molecule has 2 aromatic carbocycles. The van der Waals surface area contributed by atoms with E-state index in [-0.39, 0.29) is 10.7 Å². The van der Waals surface area contributed by atoms with Gasteiger partial charge in [0, 0.05) is 11.0 Å². The second-order valence-corrected chi connectivity index (χ2v) is 6.09. The van der Waals surface area contributed by atoms with Crippen molar-refractivity contribution in [1.82, 2.24) is 0 Å². The van der Waals surface area contributed by atoms with Crippen molar-refractivity contribution >= 4 is 15.6 Å². The molecule has 2 aromatic rings. The number of methoxy groups -OCH3 is 1. The topological polar surface area (TPSA) is 60.4 Å². The zero-order valence-corrected chi connectivity index (χ0v) is 12.2. The number of carbonyl (C=O) groups is 1. The summed E-state index contributed by atoms with van der Waals surface area (Å²) in [7, 11) is -2.07.